The molecular formula is C24H20Br2N2O4. The second-order valence-corrected chi connectivity index (χ2v) is 9.21. The van der Waals surface area contributed by atoms with Crippen molar-refractivity contribution in [3.05, 3.63) is 86.3 Å². The van der Waals surface area contributed by atoms with Gasteiger partial charge in [-0.3, -0.25) is 0 Å². The molecule has 1 aliphatic carbocycles. The Kier molecular flexibility index (Phi) is 6.53. The number of hydrogen-bond donors (Lipinski definition) is 3. The van der Waals surface area contributed by atoms with E-state index < -0.39 is 18.1 Å². The summed E-state index contributed by atoms with van der Waals surface area (Å²) in [5.41, 5.74) is 11.6. The molecule has 3 aromatic carbocycles. The van der Waals surface area contributed by atoms with Gasteiger partial charge in [0.1, 0.15) is 12.6 Å². The summed E-state index contributed by atoms with van der Waals surface area (Å²) in [5.74, 6) is -1.33. The van der Waals surface area contributed by atoms with Crippen LogP contribution >= 0.6 is 31.9 Å². The third kappa shape index (κ3) is 4.38. The Bertz CT molecular complexity index is 1180. The second-order valence-electron chi connectivity index (χ2n) is 7.51. The van der Waals surface area contributed by atoms with Gasteiger partial charge in [0.25, 0.3) is 0 Å². The van der Waals surface area contributed by atoms with E-state index in [1.165, 1.54) is 0 Å². The lowest BCUT2D eigenvalue weighted by Crippen LogP contribution is -2.42. The topological polar surface area (TPSA) is 102 Å². The van der Waals surface area contributed by atoms with Gasteiger partial charge in [0.2, 0.25) is 0 Å². The van der Waals surface area contributed by atoms with Gasteiger partial charge in [-0.15, -0.1) is 0 Å². The summed E-state index contributed by atoms with van der Waals surface area (Å²) in [6, 6.07) is 17.7. The highest BCUT2D eigenvalue weighted by Crippen LogP contribution is 2.51. The SMILES string of the molecule is Nc1c(Br)ccc2c1-c1c(Br)cccc1C2COC(=O)N[C@H](Cc1ccccc1)C(=O)O. The van der Waals surface area contributed by atoms with Crippen LogP contribution in [-0.2, 0) is 16.0 Å². The number of ether oxygens (including phenoxy) is 1. The molecule has 0 radical (unpaired) electrons. The van der Waals surface area contributed by atoms with Crippen LogP contribution in [0.1, 0.15) is 22.6 Å². The first kappa shape index (κ1) is 22.4. The first-order valence-corrected chi connectivity index (χ1v) is 11.5. The minimum absolute atomic E-state index is 0.0566. The zero-order valence-corrected chi connectivity index (χ0v) is 20.0. The Morgan fingerprint density at radius 1 is 0.969 bits per heavy atom. The summed E-state index contributed by atoms with van der Waals surface area (Å²) < 4.78 is 7.19. The fraction of sp³-hybridized carbons (Fsp3) is 0.167. The maximum atomic E-state index is 12.5. The molecule has 1 aliphatic rings. The van der Waals surface area contributed by atoms with Crippen molar-refractivity contribution in [1.29, 1.82) is 0 Å². The minimum Gasteiger partial charge on any atom is -0.480 e. The molecular weight excluding hydrogens is 540 g/mol. The van der Waals surface area contributed by atoms with Crippen LogP contribution in [0.15, 0.2) is 69.6 Å². The van der Waals surface area contributed by atoms with Crippen molar-refractivity contribution >= 4 is 49.6 Å². The predicted molar refractivity (Wildman–Crippen MR) is 130 cm³/mol. The molecule has 164 valence electrons. The number of nitrogens with one attached hydrogen (secondary N) is 1. The molecule has 0 fully saturated rings. The molecule has 0 saturated heterocycles. The molecule has 0 saturated carbocycles. The molecule has 0 aliphatic heterocycles. The molecule has 4 rings (SSSR count). The van der Waals surface area contributed by atoms with Crippen molar-refractivity contribution in [3.63, 3.8) is 0 Å². The van der Waals surface area contributed by atoms with Crippen LogP contribution < -0.4 is 11.1 Å². The number of aliphatic carboxylic acids is 1. The third-order valence-corrected chi connectivity index (χ3v) is 6.88. The van der Waals surface area contributed by atoms with Crippen LogP contribution in [0.25, 0.3) is 11.1 Å². The van der Waals surface area contributed by atoms with Crippen molar-refractivity contribution in [1.82, 2.24) is 5.32 Å². The van der Waals surface area contributed by atoms with Crippen LogP contribution in [0.3, 0.4) is 0 Å². The third-order valence-electron chi connectivity index (χ3n) is 5.53. The van der Waals surface area contributed by atoms with Crippen LogP contribution in [0.5, 0.6) is 0 Å². The maximum absolute atomic E-state index is 12.5. The zero-order valence-electron chi connectivity index (χ0n) is 16.8. The average molecular weight is 560 g/mol. The van der Waals surface area contributed by atoms with Crippen molar-refractivity contribution in [2.24, 2.45) is 0 Å². The van der Waals surface area contributed by atoms with E-state index in [1.807, 2.05) is 60.7 Å². The first-order chi connectivity index (χ1) is 15.4. The van der Waals surface area contributed by atoms with E-state index in [-0.39, 0.29) is 18.9 Å². The van der Waals surface area contributed by atoms with Gasteiger partial charge >= 0.3 is 12.1 Å². The van der Waals surface area contributed by atoms with E-state index in [0.29, 0.717) is 5.69 Å². The Morgan fingerprint density at radius 2 is 1.69 bits per heavy atom. The lowest BCUT2D eigenvalue weighted by Gasteiger charge is -2.18. The predicted octanol–water partition coefficient (Wildman–Crippen LogP) is 5.33. The van der Waals surface area contributed by atoms with E-state index in [1.54, 1.807) is 0 Å². The van der Waals surface area contributed by atoms with E-state index in [4.69, 9.17) is 10.5 Å². The molecule has 3 aromatic rings. The number of hydrogen-bond acceptors (Lipinski definition) is 4. The Labute approximate surface area is 202 Å². The van der Waals surface area contributed by atoms with Gasteiger partial charge in [-0.1, -0.05) is 64.5 Å². The highest BCUT2D eigenvalue weighted by Gasteiger charge is 2.33. The van der Waals surface area contributed by atoms with E-state index in [2.05, 4.69) is 37.2 Å². The van der Waals surface area contributed by atoms with Crippen LogP contribution in [-0.4, -0.2) is 29.8 Å². The smallest absolute Gasteiger partial charge is 0.407 e. The highest BCUT2D eigenvalue weighted by atomic mass is 79.9. The Hall–Kier alpha value is -2.84. The number of benzene rings is 3. The van der Waals surface area contributed by atoms with Gasteiger partial charge in [-0.05, 0) is 44.8 Å². The Morgan fingerprint density at radius 3 is 2.41 bits per heavy atom. The number of carboxylic acid groups (broad SMARTS) is 1. The monoisotopic (exact) mass is 558 g/mol. The molecule has 1 amide bonds. The number of halogens is 2. The molecule has 0 spiro atoms. The standard InChI is InChI=1S/C24H20Br2N2O4/c25-17-8-4-7-14-16(15-9-10-18(26)22(27)21(15)20(14)17)12-32-24(31)28-19(23(29)30)11-13-5-2-1-3-6-13/h1-10,16,19H,11-12,27H2,(H,28,31)(H,29,30)/t16?,19-/m1/s1. The number of alkyl carbamates (subject to hydrolysis) is 1. The minimum atomic E-state index is -1.12. The molecule has 0 heterocycles. The number of carbonyl (C=O) groups is 2. The van der Waals surface area contributed by atoms with Crippen LogP contribution in [0.4, 0.5) is 10.5 Å². The summed E-state index contributed by atoms with van der Waals surface area (Å²) in [6.07, 6.45) is -0.610. The van der Waals surface area contributed by atoms with E-state index in [0.717, 1.165) is 36.8 Å². The number of amides is 1. The average Bonchev–Trinajstić information content (AvgIpc) is 3.10. The van der Waals surface area contributed by atoms with Crippen molar-refractivity contribution in [2.75, 3.05) is 12.3 Å². The molecule has 6 nitrogen and oxygen atoms in total. The molecule has 0 aromatic heterocycles. The first-order valence-electron chi connectivity index (χ1n) is 9.93. The Balaban J connectivity index is 1.51. The molecule has 8 heteroatoms. The number of rotatable bonds is 6. The number of fused-ring (bicyclic) bond motifs is 3. The lowest BCUT2D eigenvalue weighted by molar-refractivity contribution is -0.139. The quantitative estimate of drug-likeness (QED) is 0.354. The number of carbonyl (C=O) groups excluding carboxylic acids is 1. The van der Waals surface area contributed by atoms with E-state index in [9.17, 15) is 14.7 Å². The van der Waals surface area contributed by atoms with Gasteiger partial charge in [0.15, 0.2) is 0 Å². The molecule has 0 bridgehead atoms. The zero-order chi connectivity index (χ0) is 22.8. The summed E-state index contributed by atoms with van der Waals surface area (Å²) in [7, 11) is 0. The van der Waals surface area contributed by atoms with Gasteiger partial charge < -0.3 is 20.9 Å². The lowest BCUT2D eigenvalue weighted by atomic mass is 9.98. The molecule has 4 N–H and O–H groups in total. The second kappa shape index (κ2) is 9.34. The van der Waals surface area contributed by atoms with Gasteiger partial charge in [-0.25, -0.2) is 9.59 Å². The fourth-order valence-corrected chi connectivity index (χ4v) is 4.93. The van der Waals surface area contributed by atoms with E-state index >= 15 is 0 Å². The number of nitrogen functional groups attached to an aromatic ring is 1. The molecule has 32 heavy (non-hydrogen) atoms. The summed E-state index contributed by atoms with van der Waals surface area (Å²) in [6.45, 7) is 0.0566. The maximum Gasteiger partial charge on any atom is 0.407 e. The number of anilines is 1. The molecule has 1 unspecified atom stereocenters. The number of carboxylic acids is 1. The van der Waals surface area contributed by atoms with Crippen molar-refractivity contribution < 1.29 is 19.4 Å². The molecule has 2 atom stereocenters. The fourth-order valence-electron chi connectivity index (χ4n) is 4.02. The van der Waals surface area contributed by atoms with Crippen LogP contribution in [0, 0.1) is 0 Å². The summed E-state index contributed by atoms with van der Waals surface area (Å²) in [4.78, 5) is 24.1. The summed E-state index contributed by atoms with van der Waals surface area (Å²) in [5, 5.41) is 12.0. The van der Waals surface area contributed by atoms with Crippen LogP contribution in [0.2, 0.25) is 0 Å². The normalized spacial score (nSPS) is 14.9. The summed E-state index contributed by atoms with van der Waals surface area (Å²) >= 11 is 7.09. The van der Waals surface area contributed by atoms with Crippen molar-refractivity contribution in [2.45, 2.75) is 18.4 Å². The number of nitrogens with two attached hydrogens (primary N) is 1. The van der Waals surface area contributed by atoms with Crippen molar-refractivity contribution in [3.8, 4) is 11.1 Å². The van der Waals surface area contributed by atoms with Gasteiger partial charge in [0, 0.05) is 32.4 Å². The van der Waals surface area contributed by atoms with Gasteiger partial charge in [-0.2, -0.15) is 0 Å². The largest absolute Gasteiger partial charge is 0.480 e. The van der Waals surface area contributed by atoms with Gasteiger partial charge in [0.05, 0.1) is 5.69 Å². The highest BCUT2D eigenvalue weighted by molar-refractivity contribution is 9.11.